The van der Waals surface area contributed by atoms with Gasteiger partial charge in [-0.1, -0.05) is 0 Å². The number of benzene rings is 1. The van der Waals surface area contributed by atoms with E-state index in [9.17, 15) is 4.39 Å². The van der Waals surface area contributed by atoms with Gasteiger partial charge in [0, 0.05) is 31.0 Å². The SMILES string of the molecule is Cc1nn(C)cc1CNc1ccc(F)cc1. The van der Waals surface area contributed by atoms with Crippen molar-refractivity contribution >= 4 is 5.69 Å². The quantitative estimate of drug-likeness (QED) is 0.859. The Hall–Kier alpha value is -1.84. The van der Waals surface area contributed by atoms with E-state index in [1.54, 1.807) is 16.8 Å². The Labute approximate surface area is 93.9 Å². The molecule has 84 valence electrons. The predicted octanol–water partition coefficient (Wildman–Crippen LogP) is 2.48. The Balaban J connectivity index is 2.02. The van der Waals surface area contributed by atoms with Crippen LogP contribution in [0.25, 0.3) is 0 Å². The molecule has 0 spiro atoms. The number of halogens is 1. The molecule has 2 rings (SSSR count). The first-order chi connectivity index (χ1) is 7.65. The van der Waals surface area contributed by atoms with Crippen molar-refractivity contribution in [2.45, 2.75) is 13.5 Å². The van der Waals surface area contributed by atoms with Crippen molar-refractivity contribution in [2.24, 2.45) is 7.05 Å². The van der Waals surface area contributed by atoms with Crippen molar-refractivity contribution in [3.05, 3.63) is 47.5 Å². The first-order valence-corrected chi connectivity index (χ1v) is 5.14. The molecule has 0 atom stereocenters. The van der Waals surface area contributed by atoms with Gasteiger partial charge in [0.25, 0.3) is 0 Å². The van der Waals surface area contributed by atoms with Crippen molar-refractivity contribution in [3.8, 4) is 0 Å². The summed E-state index contributed by atoms with van der Waals surface area (Å²) in [4.78, 5) is 0. The minimum atomic E-state index is -0.219. The van der Waals surface area contributed by atoms with Gasteiger partial charge in [-0.3, -0.25) is 4.68 Å². The highest BCUT2D eigenvalue weighted by atomic mass is 19.1. The molecule has 16 heavy (non-hydrogen) atoms. The zero-order chi connectivity index (χ0) is 11.5. The van der Waals surface area contributed by atoms with Gasteiger partial charge in [-0.25, -0.2) is 4.39 Å². The Morgan fingerprint density at radius 2 is 2.00 bits per heavy atom. The van der Waals surface area contributed by atoms with Gasteiger partial charge in [-0.2, -0.15) is 5.10 Å². The third kappa shape index (κ3) is 2.39. The second-order valence-electron chi connectivity index (χ2n) is 3.77. The van der Waals surface area contributed by atoms with E-state index in [0.29, 0.717) is 6.54 Å². The minimum absolute atomic E-state index is 0.219. The molecular formula is C12H14FN3. The van der Waals surface area contributed by atoms with Gasteiger partial charge in [-0.05, 0) is 31.2 Å². The van der Waals surface area contributed by atoms with Crippen LogP contribution in [0.4, 0.5) is 10.1 Å². The largest absolute Gasteiger partial charge is 0.381 e. The van der Waals surface area contributed by atoms with Crippen molar-refractivity contribution in [2.75, 3.05) is 5.32 Å². The van der Waals surface area contributed by atoms with E-state index in [2.05, 4.69) is 10.4 Å². The molecule has 0 saturated carbocycles. The molecule has 1 heterocycles. The van der Waals surface area contributed by atoms with Gasteiger partial charge in [0.15, 0.2) is 0 Å². The molecule has 1 aromatic heterocycles. The molecule has 3 nitrogen and oxygen atoms in total. The molecule has 0 radical (unpaired) electrons. The highest BCUT2D eigenvalue weighted by Crippen LogP contribution is 2.11. The highest BCUT2D eigenvalue weighted by Gasteiger charge is 2.02. The maximum Gasteiger partial charge on any atom is 0.123 e. The lowest BCUT2D eigenvalue weighted by molar-refractivity contribution is 0.628. The molecule has 0 unspecified atom stereocenters. The summed E-state index contributed by atoms with van der Waals surface area (Å²) in [5.41, 5.74) is 3.06. The molecule has 1 N–H and O–H groups in total. The molecule has 0 bridgehead atoms. The van der Waals surface area contributed by atoms with Gasteiger partial charge in [0.05, 0.1) is 5.69 Å². The number of anilines is 1. The molecule has 0 aliphatic heterocycles. The Morgan fingerprint density at radius 1 is 1.31 bits per heavy atom. The third-order valence-corrected chi connectivity index (χ3v) is 2.44. The molecule has 2 aromatic rings. The van der Waals surface area contributed by atoms with Crippen LogP contribution in [0.2, 0.25) is 0 Å². The van der Waals surface area contributed by atoms with E-state index in [4.69, 9.17) is 0 Å². The Bertz CT molecular complexity index is 474. The molecule has 0 aliphatic rings. The first-order valence-electron chi connectivity index (χ1n) is 5.14. The van der Waals surface area contributed by atoms with Crippen LogP contribution in [0.3, 0.4) is 0 Å². The average molecular weight is 219 g/mol. The Morgan fingerprint density at radius 3 is 2.56 bits per heavy atom. The summed E-state index contributed by atoms with van der Waals surface area (Å²) in [5, 5.41) is 7.48. The number of hydrogen-bond acceptors (Lipinski definition) is 2. The average Bonchev–Trinajstić information content (AvgIpc) is 2.57. The maximum atomic E-state index is 12.7. The van der Waals surface area contributed by atoms with Crippen molar-refractivity contribution < 1.29 is 4.39 Å². The third-order valence-electron chi connectivity index (χ3n) is 2.44. The number of hydrogen-bond donors (Lipinski definition) is 1. The van der Waals surface area contributed by atoms with Crippen LogP contribution in [-0.2, 0) is 13.6 Å². The standard InChI is InChI=1S/C12H14FN3/c1-9-10(8-16(2)15-9)7-14-12-5-3-11(13)4-6-12/h3-6,8,14H,7H2,1-2H3. The molecule has 1 aromatic carbocycles. The fourth-order valence-electron chi connectivity index (χ4n) is 1.59. The van der Waals surface area contributed by atoms with E-state index in [1.807, 2.05) is 20.2 Å². The number of nitrogens with one attached hydrogen (secondary N) is 1. The molecular weight excluding hydrogens is 205 g/mol. The van der Waals surface area contributed by atoms with Crippen LogP contribution in [0.5, 0.6) is 0 Å². The normalized spacial score (nSPS) is 10.4. The molecule has 0 amide bonds. The summed E-state index contributed by atoms with van der Waals surface area (Å²) in [6.07, 6.45) is 1.98. The van der Waals surface area contributed by atoms with Crippen LogP contribution < -0.4 is 5.32 Å². The second kappa shape index (κ2) is 4.35. The van der Waals surface area contributed by atoms with Crippen LogP contribution >= 0.6 is 0 Å². The number of nitrogens with zero attached hydrogens (tertiary/aromatic N) is 2. The van der Waals surface area contributed by atoms with E-state index in [-0.39, 0.29) is 5.82 Å². The Kier molecular flexibility index (Phi) is 2.90. The minimum Gasteiger partial charge on any atom is -0.381 e. The number of rotatable bonds is 3. The van der Waals surface area contributed by atoms with Crippen molar-refractivity contribution in [1.29, 1.82) is 0 Å². The van der Waals surface area contributed by atoms with Crippen LogP contribution in [0, 0.1) is 12.7 Å². The topological polar surface area (TPSA) is 29.9 Å². The van der Waals surface area contributed by atoms with E-state index < -0.39 is 0 Å². The van der Waals surface area contributed by atoms with Crippen LogP contribution in [-0.4, -0.2) is 9.78 Å². The van der Waals surface area contributed by atoms with E-state index >= 15 is 0 Å². The van der Waals surface area contributed by atoms with E-state index in [1.165, 1.54) is 12.1 Å². The lowest BCUT2D eigenvalue weighted by atomic mass is 10.2. The summed E-state index contributed by atoms with van der Waals surface area (Å²) >= 11 is 0. The lowest BCUT2D eigenvalue weighted by Crippen LogP contribution is -1.99. The molecule has 0 fully saturated rings. The van der Waals surface area contributed by atoms with Crippen molar-refractivity contribution in [3.63, 3.8) is 0 Å². The van der Waals surface area contributed by atoms with Gasteiger partial charge >= 0.3 is 0 Å². The molecule has 0 saturated heterocycles. The zero-order valence-corrected chi connectivity index (χ0v) is 9.37. The summed E-state index contributed by atoms with van der Waals surface area (Å²) in [7, 11) is 1.90. The smallest absolute Gasteiger partial charge is 0.123 e. The maximum absolute atomic E-state index is 12.7. The van der Waals surface area contributed by atoms with E-state index in [0.717, 1.165) is 16.9 Å². The fourth-order valence-corrected chi connectivity index (χ4v) is 1.59. The number of aromatic nitrogens is 2. The van der Waals surface area contributed by atoms with Crippen LogP contribution in [0.15, 0.2) is 30.5 Å². The summed E-state index contributed by atoms with van der Waals surface area (Å²) < 4.78 is 14.5. The van der Waals surface area contributed by atoms with Gasteiger partial charge in [0.2, 0.25) is 0 Å². The van der Waals surface area contributed by atoms with Gasteiger partial charge in [0.1, 0.15) is 5.82 Å². The summed E-state index contributed by atoms with van der Waals surface area (Å²) in [6.45, 7) is 2.67. The monoisotopic (exact) mass is 219 g/mol. The fraction of sp³-hybridized carbons (Fsp3) is 0.250. The van der Waals surface area contributed by atoms with Crippen LogP contribution in [0.1, 0.15) is 11.3 Å². The van der Waals surface area contributed by atoms with Gasteiger partial charge < -0.3 is 5.32 Å². The molecule has 0 aliphatic carbocycles. The van der Waals surface area contributed by atoms with Gasteiger partial charge in [-0.15, -0.1) is 0 Å². The zero-order valence-electron chi connectivity index (χ0n) is 9.37. The second-order valence-corrected chi connectivity index (χ2v) is 3.77. The first kappa shape index (κ1) is 10.7. The summed E-state index contributed by atoms with van der Waals surface area (Å²) in [5.74, 6) is -0.219. The predicted molar refractivity (Wildman–Crippen MR) is 61.7 cm³/mol. The number of aryl methyl sites for hydroxylation is 2. The summed E-state index contributed by atoms with van der Waals surface area (Å²) in [6, 6.07) is 6.33. The molecule has 4 heteroatoms. The highest BCUT2D eigenvalue weighted by molar-refractivity contribution is 5.43. The van der Waals surface area contributed by atoms with Crippen molar-refractivity contribution in [1.82, 2.24) is 9.78 Å². The lowest BCUT2D eigenvalue weighted by Gasteiger charge is -2.04.